The van der Waals surface area contributed by atoms with Crippen molar-refractivity contribution >= 4 is 16.9 Å². The molecule has 0 aliphatic carbocycles. The Hall–Kier alpha value is -2.54. The van der Waals surface area contributed by atoms with Crippen LogP contribution in [0.3, 0.4) is 0 Å². The minimum absolute atomic E-state index is 0.0265. The summed E-state index contributed by atoms with van der Waals surface area (Å²) in [5.41, 5.74) is 1.67. The molecule has 0 unspecified atom stereocenters. The van der Waals surface area contributed by atoms with Crippen molar-refractivity contribution in [2.24, 2.45) is 0 Å². The highest BCUT2D eigenvalue weighted by Crippen LogP contribution is 2.43. The molecule has 29 heavy (non-hydrogen) atoms. The van der Waals surface area contributed by atoms with Gasteiger partial charge in [-0.15, -0.1) is 0 Å². The van der Waals surface area contributed by atoms with Crippen LogP contribution in [0.4, 0.5) is 0 Å². The van der Waals surface area contributed by atoms with Gasteiger partial charge in [-0.05, 0) is 53.3 Å². The summed E-state index contributed by atoms with van der Waals surface area (Å²) in [5.74, 6) is 1.05. The molecule has 1 aliphatic rings. The second kappa shape index (κ2) is 8.06. The lowest BCUT2D eigenvalue weighted by atomic mass is 9.91. The van der Waals surface area contributed by atoms with Crippen LogP contribution in [-0.4, -0.2) is 50.7 Å². The van der Waals surface area contributed by atoms with E-state index in [0.717, 1.165) is 30.3 Å². The van der Waals surface area contributed by atoms with Gasteiger partial charge < -0.3 is 24.1 Å². The zero-order valence-corrected chi connectivity index (χ0v) is 18.1. The summed E-state index contributed by atoms with van der Waals surface area (Å²) in [4.78, 5) is 27.1. The summed E-state index contributed by atoms with van der Waals surface area (Å²) in [6, 6.07) is 1.85. The molecule has 0 saturated heterocycles. The summed E-state index contributed by atoms with van der Waals surface area (Å²) in [5, 5.41) is 3.57. The Balaban J connectivity index is 2.03. The van der Waals surface area contributed by atoms with Gasteiger partial charge in [-0.3, -0.25) is 4.79 Å². The van der Waals surface area contributed by atoms with Crippen molar-refractivity contribution in [1.82, 2.24) is 10.2 Å². The monoisotopic (exact) mass is 402 g/mol. The summed E-state index contributed by atoms with van der Waals surface area (Å²) in [6.45, 7) is 7.16. The number of rotatable bonds is 6. The Morgan fingerprint density at radius 3 is 2.72 bits per heavy atom. The first-order valence-corrected chi connectivity index (χ1v) is 9.89. The number of ether oxygens (including phenoxy) is 2. The van der Waals surface area contributed by atoms with Crippen LogP contribution in [0.15, 0.2) is 15.3 Å². The molecule has 1 aromatic heterocycles. The first-order chi connectivity index (χ1) is 13.6. The molecule has 0 radical (unpaired) electrons. The van der Waals surface area contributed by atoms with Crippen LogP contribution in [0, 0.1) is 6.92 Å². The van der Waals surface area contributed by atoms with E-state index in [2.05, 4.69) is 5.32 Å². The van der Waals surface area contributed by atoms with Gasteiger partial charge in [-0.1, -0.05) is 0 Å². The number of likely N-dealkylation sites (N-methyl/N-ethyl adjacent to an activating group) is 1. The molecule has 1 aromatic carbocycles. The molecule has 2 heterocycles. The average molecular weight is 402 g/mol. The lowest BCUT2D eigenvalue weighted by Crippen LogP contribution is -2.33. The molecule has 3 rings (SSSR count). The molecule has 7 heteroatoms. The van der Waals surface area contributed by atoms with Crippen LogP contribution in [0.1, 0.15) is 37.0 Å². The summed E-state index contributed by atoms with van der Waals surface area (Å²) < 4.78 is 17.4. The lowest BCUT2D eigenvalue weighted by Gasteiger charge is -2.33. The van der Waals surface area contributed by atoms with Crippen LogP contribution < -0.4 is 20.4 Å². The molecular weight excluding hydrogens is 372 g/mol. The number of carbonyl (C=O) groups is 1. The first kappa shape index (κ1) is 21.2. The largest absolute Gasteiger partial charge is 0.496 e. The van der Waals surface area contributed by atoms with Crippen molar-refractivity contribution in [3.05, 3.63) is 33.2 Å². The van der Waals surface area contributed by atoms with Gasteiger partial charge >= 0.3 is 5.63 Å². The number of benzene rings is 1. The topological polar surface area (TPSA) is 81.0 Å². The number of nitrogens with zero attached hydrogens (tertiary/aromatic N) is 1. The van der Waals surface area contributed by atoms with E-state index < -0.39 is 5.63 Å². The van der Waals surface area contributed by atoms with Crippen molar-refractivity contribution in [2.45, 2.75) is 45.6 Å². The van der Waals surface area contributed by atoms with Crippen LogP contribution in [0.25, 0.3) is 11.0 Å². The van der Waals surface area contributed by atoms with Gasteiger partial charge in [0.15, 0.2) is 0 Å². The first-order valence-electron chi connectivity index (χ1n) is 9.89. The van der Waals surface area contributed by atoms with E-state index >= 15 is 0 Å². The van der Waals surface area contributed by atoms with E-state index in [9.17, 15) is 9.59 Å². The maximum absolute atomic E-state index is 12.7. The standard InChI is InChI=1S/C22H30N2O5/c1-13-15(11-18(25)23-9-10-24(4)5)21(26)28-20-14-7-8-22(2,3)29-16(14)12-17(27-6)19(13)20/h12H,7-11H2,1-6H3,(H,23,25). The maximum atomic E-state index is 12.7. The lowest BCUT2D eigenvalue weighted by molar-refractivity contribution is -0.120. The Kier molecular flexibility index (Phi) is 5.89. The number of methoxy groups -OCH3 is 1. The number of hydrogen-bond acceptors (Lipinski definition) is 6. The second-order valence-corrected chi connectivity index (χ2v) is 8.44. The third kappa shape index (κ3) is 4.40. The summed E-state index contributed by atoms with van der Waals surface area (Å²) >= 11 is 0. The van der Waals surface area contributed by atoms with Gasteiger partial charge in [0.1, 0.15) is 22.7 Å². The Bertz CT molecular complexity index is 991. The fourth-order valence-corrected chi connectivity index (χ4v) is 3.69. The number of amides is 1. The molecule has 2 aromatic rings. The number of aryl methyl sites for hydroxylation is 2. The quantitative estimate of drug-likeness (QED) is 0.748. The summed E-state index contributed by atoms with van der Waals surface area (Å²) in [6.07, 6.45) is 1.54. The van der Waals surface area contributed by atoms with Gasteiger partial charge in [0.2, 0.25) is 5.91 Å². The highest BCUT2D eigenvalue weighted by atomic mass is 16.5. The molecule has 7 nitrogen and oxygen atoms in total. The molecule has 0 bridgehead atoms. The highest BCUT2D eigenvalue weighted by Gasteiger charge is 2.31. The Labute approximate surface area is 171 Å². The molecule has 1 aliphatic heterocycles. The zero-order chi connectivity index (χ0) is 21.3. The van der Waals surface area contributed by atoms with E-state index in [-0.39, 0.29) is 17.9 Å². The van der Waals surface area contributed by atoms with Crippen LogP contribution in [-0.2, 0) is 17.6 Å². The molecule has 0 saturated carbocycles. The van der Waals surface area contributed by atoms with Crippen molar-refractivity contribution in [2.75, 3.05) is 34.3 Å². The van der Waals surface area contributed by atoms with Crippen molar-refractivity contribution in [3.8, 4) is 11.5 Å². The predicted octanol–water partition coefficient (Wildman–Crippen LogP) is 2.43. The normalized spacial score (nSPS) is 15.1. The minimum atomic E-state index is -0.488. The Morgan fingerprint density at radius 1 is 1.34 bits per heavy atom. The predicted molar refractivity (Wildman–Crippen MR) is 112 cm³/mol. The molecule has 0 atom stereocenters. The van der Waals surface area contributed by atoms with E-state index in [4.69, 9.17) is 13.9 Å². The fourth-order valence-electron chi connectivity index (χ4n) is 3.69. The van der Waals surface area contributed by atoms with Crippen molar-refractivity contribution in [1.29, 1.82) is 0 Å². The van der Waals surface area contributed by atoms with E-state index in [0.29, 0.717) is 34.8 Å². The Morgan fingerprint density at radius 2 is 2.07 bits per heavy atom. The van der Waals surface area contributed by atoms with E-state index in [1.165, 1.54) is 0 Å². The van der Waals surface area contributed by atoms with Gasteiger partial charge in [0.05, 0.1) is 24.5 Å². The number of fused-ring (bicyclic) bond motifs is 3. The highest BCUT2D eigenvalue weighted by molar-refractivity contribution is 5.93. The van der Waals surface area contributed by atoms with Crippen molar-refractivity contribution in [3.63, 3.8) is 0 Å². The van der Waals surface area contributed by atoms with Crippen LogP contribution in [0.5, 0.6) is 11.5 Å². The van der Waals surface area contributed by atoms with E-state index in [1.807, 2.05) is 45.8 Å². The van der Waals surface area contributed by atoms with Crippen molar-refractivity contribution < 1.29 is 18.7 Å². The smallest absolute Gasteiger partial charge is 0.340 e. The van der Waals surface area contributed by atoms with Gasteiger partial charge in [-0.25, -0.2) is 4.79 Å². The summed E-state index contributed by atoms with van der Waals surface area (Å²) in [7, 11) is 5.45. The number of nitrogens with one attached hydrogen (secondary N) is 1. The SMILES string of the molecule is COc1cc2c(c3oc(=O)c(CC(=O)NCCN(C)C)c(C)c13)CCC(C)(C)O2. The van der Waals surface area contributed by atoms with Crippen LogP contribution in [0.2, 0.25) is 0 Å². The third-order valence-corrected chi connectivity index (χ3v) is 5.38. The van der Waals surface area contributed by atoms with Gasteiger partial charge in [0, 0.05) is 24.7 Å². The molecular formula is C22H30N2O5. The molecule has 158 valence electrons. The zero-order valence-electron chi connectivity index (χ0n) is 18.1. The molecule has 0 fully saturated rings. The molecule has 1 N–H and O–H groups in total. The second-order valence-electron chi connectivity index (χ2n) is 8.44. The van der Waals surface area contributed by atoms with Gasteiger partial charge in [0.25, 0.3) is 0 Å². The molecule has 1 amide bonds. The molecule has 0 spiro atoms. The average Bonchev–Trinajstić information content (AvgIpc) is 2.62. The van der Waals surface area contributed by atoms with Gasteiger partial charge in [-0.2, -0.15) is 0 Å². The maximum Gasteiger partial charge on any atom is 0.340 e. The third-order valence-electron chi connectivity index (χ3n) is 5.38. The fraction of sp³-hybridized carbons (Fsp3) is 0.545. The number of carbonyl (C=O) groups excluding carboxylic acids is 1. The number of hydrogen-bond donors (Lipinski definition) is 1. The van der Waals surface area contributed by atoms with E-state index in [1.54, 1.807) is 7.11 Å². The van der Waals surface area contributed by atoms with Crippen LogP contribution >= 0.6 is 0 Å². The minimum Gasteiger partial charge on any atom is -0.496 e.